The van der Waals surface area contributed by atoms with Gasteiger partial charge in [0.2, 0.25) is 6.41 Å². The van der Waals surface area contributed by atoms with Crippen LogP contribution in [0.25, 0.3) is 0 Å². The normalized spacial score (nSPS) is 9.23. The lowest BCUT2D eigenvalue weighted by Gasteiger charge is -2.15. The lowest BCUT2D eigenvalue weighted by Crippen LogP contribution is -2.20. The SMILES string of the molecule is C=CCN(C=O)c1ccccc1O. The molecule has 1 aromatic rings. The van der Waals surface area contributed by atoms with Gasteiger partial charge in [0.15, 0.2) is 0 Å². The molecule has 1 N–H and O–H groups in total. The molecule has 0 aromatic heterocycles. The van der Waals surface area contributed by atoms with Crippen LogP contribution in [0.4, 0.5) is 5.69 Å². The second-order valence-electron chi connectivity index (χ2n) is 2.54. The zero-order valence-electron chi connectivity index (χ0n) is 7.18. The van der Waals surface area contributed by atoms with Gasteiger partial charge in [-0.2, -0.15) is 0 Å². The number of para-hydroxylation sites is 2. The summed E-state index contributed by atoms with van der Waals surface area (Å²) < 4.78 is 0. The Morgan fingerprint density at radius 3 is 2.69 bits per heavy atom. The zero-order chi connectivity index (χ0) is 9.68. The van der Waals surface area contributed by atoms with Crippen molar-refractivity contribution in [1.82, 2.24) is 0 Å². The second kappa shape index (κ2) is 4.30. The first kappa shape index (κ1) is 9.32. The van der Waals surface area contributed by atoms with E-state index in [-0.39, 0.29) is 5.75 Å². The molecular weight excluding hydrogens is 166 g/mol. The first-order valence-electron chi connectivity index (χ1n) is 3.90. The van der Waals surface area contributed by atoms with Crippen LogP contribution in [0, 0.1) is 0 Å². The summed E-state index contributed by atoms with van der Waals surface area (Å²) in [5, 5.41) is 9.40. The Morgan fingerprint density at radius 1 is 1.46 bits per heavy atom. The summed E-state index contributed by atoms with van der Waals surface area (Å²) in [5.74, 6) is 0.0939. The van der Waals surface area contributed by atoms with Gasteiger partial charge in [-0.3, -0.25) is 4.79 Å². The average molecular weight is 177 g/mol. The molecule has 0 spiro atoms. The number of phenolic OH excluding ortho intramolecular Hbond substituents is 1. The Bertz CT molecular complexity index is 310. The zero-order valence-corrected chi connectivity index (χ0v) is 7.18. The Labute approximate surface area is 76.9 Å². The van der Waals surface area contributed by atoms with Crippen LogP contribution in [0.2, 0.25) is 0 Å². The molecule has 3 nitrogen and oxygen atoms in total. The van der Waals surface area contributed by atoms with E-state index in [0.717, 1.165) is 0 Å². The van der Waals surface area contributed by atoms with Crippen molar-refractivity contribution in [2.24, 2.45) is 0 Å². The number of hydrogen-bond acceptors (Lipinski definition) is 2. The van der Waals surface area contributed by atoms with Crippen molar-refractivity contribution in [1.29, 1.82) is 0 Å². The summed E-state index contributed by atoms with van der Waals surface area (Å²) in [6.45, 7) is 3.91. The quantitative estimate of drug-likeness (QED) is 0.559. The number of hydrogen-bond donors (Lipinski definition) is 1. The Morgan fingerprint density at radius 2 is 2.15 bits per heavy atom. The summed E-state index contributed by atoms with van der Waals surface area (Å²) >= 11 is 0. The molecule has 0 fully saturated rings. The summed E-state index contributed by atoms with van der Waals surface area (Å²) in [6.07, 6.45) is 2.26. The fraction of sp³-hybridized carbons (Fsp3) is 0.100. The number of amides is 1. The Balaban J connectivity index is 2.96. The van der Waals surface area contributed by atoms with Gasteiger partial charge in [-0.15, -0.1) is 6.58 Å². The average Bonchev–Trinajstić information content (AvgIpc) is 2.16. The third-order valence-electron chi connectivity index (χ3n) is 1.64. The van der Waals surface area contributed by atoms with Crippen molar-refractivity contribution < 1.29 is 9.90 Å². The smallest absolute Gasteiger partial charge is 0.214 e. The maximum atomic E-state index is 10.6. The highest BCUT2D eigenvalue weighted by molar-refractivity contribution is 5.78. The molecule has 0 bridgehead atoms. The van der Waals surface area contributed by atoms with Crippen LogP contribution in [0.5, 0.6) is 5.75 Å². The monoisotopic (exact) mass is 177 g/mol. The van der Waals surface area contributed by atoms with Gasteiger partial charge in [-0.25, -0.2) is 0 Å². The van der Waals surface area contributed by atoms with E-state index >= 15 is 0 Å². The third kappa shape index (κ3) is 2.08. The van der Waals surface area contributed by atoms with Crippen LogP contribution in [0.3, 0.4) is 0 Å². The highest BCUT2D eigenvalue weighted by Crippen LogP contribution is 2.24. The van der Waals surface area contributed by atoms with Crippen molar-refractivity contribution in [2.45, 2.75) is 0 Å². The van der Waals surface area contributed by atoms with Crippen molar-refractivity contribution in [3.05, 3.63) is 36.9 Å². The molecule has 1 rings (SSSR count). The van der Waals surface area contributed by atoms with Crippen molar-refractivity contribution in [2.75, 3.05) is 11.4 Å². The molecule has 0 saturated carbocycles. The van der Waals surface area contributed by atoms with E-state index in [0.29, 0.717) is 18.6 Å². The van der Waals surface area contributed by atoms with Gasteiger partial charge in [0, 0.05) is 6.54 Å². The topological polar surface area (TPSA) is 40.5 Å². The summed E-state index contributed by atoms with van der Waals surface area (Å²) in [6, 6.07) is 6.67. The molecule has 0 unspecified atom stereocenters. The lowest BCUT2D eigenvalue weighted by molar-refractivity contribution is -0.107. The lowest BCUT2D eigenvalue weighted by atomic mass is 10.2. The van der Waals surface area contributed by atoms with Crippen LogP contribution in [0.15, 0.2) is 36.9 Å². The van der Waals surface area contributed by atoms with E-state index in [1.54, 1.807) is 24.3 Å². The molecule has 13 heavy (non-hydrogen) atoms. The maximum Gasteiger partial charge on any atom is 0.214 e. The molecule has 0 aliphatic heterocycles. The molecule has 1 aromatic carbocycles. The van der Waals surface area contributed by atoms with E-state index in [1.165, 1.54) is 11.0 Å². The molecule has 1 amide bonds. The fourth-order valence-corrected chi connectivity index (χ4v) is 1.04. The van der Waals surface area contributed by atoms with Gasteiger partial charge in [0.1, 0.15) is 5.75 Å². The van der Waals surface area contributed by atoms with E-state index in [9.17, 15) is 9.90 Å². The molecule has 0 heterocycles. The highest BCUT2D eigenvalue weighted by atomic mass is 16.3. The van der Waals surface area contributed by atoms with Crippen molar-refractivity contribution in [3.63, 3.8) is 0 Å². The van der Waals surface area contributed by atoms with Crippen LogP contribution >= 0.6 is 0 Å². The molecular formula is C10H11NO2. The molecule has 3 heteroatoms. The third-order valence-corrected chi connectivity index (χ3v) is 1.64. The standard InChI is InChI=1S/C10H11NO2/c1-2-7-11(8-12)9-5-3-4-6-10(9)13/h2-6,8,13H,1,7H2. The van der Waals surface area contributed by atoms with E-state index in [4.69, 9.17) is 0 Å². The van der Waals surface area contributed by atoms with Crippen LogP contribution in [-0.4, -0.2) is 18.1 Å². The minimum atomic E-state index is 0.0939. The summed E-state index contributed by atoms with van der Waals surface area (Å²) in [7, 11) is 0. The molecule has 0 atom stereocenters. The van der Waals surface area contributed by atoms with Gasteiger partial charge in [-0.05, 0) is 12.1 Å². The van der Waals surface area contributed by atoms with E-state index in [2.05, 4.69) is 6.58 Å². The first-order chi connectivity index (χ1) is 6.29. The van der Waals surface area contributed by atoms with Gasteiger partial charge in [-0.1, -0.05) is 18.2 Å². The number of phenols is 1. The van der Waals surface area contributed by atoms with Crippen LogP contribution in [0.1, 0.15) is 0 Å². The highest BCUT2D eigenvalue weighted by Gasteiger charge is 2.06. The Kier molecular flexibility index (Phi) is 3.09. The van der Waals surface area contributed by atoms with Gasteiger partial charge >= 0.3 is 0 Å². The van der Waals surface area contributed by atoms with Gasteiger partial charge < -0.3 is 10.0 Å². The predicted molar refractivity (Wildman–Crippen MR) is 51.7 cm³/mol. The van der Waals surface area contributed by atoms with Crippen molar-refractivity contribution in [3.8, 4) is 5.75 Å². The first-order valence-corrected chi connectivity index (χ1v) is 3.90. The number of nitrogens with zero attached hydrogens (tertiary/aromatic N) is 1. The number of aromatic hydroxyl groups is 1. The number of carbonyl (C=O) groups excluding carboxylic acids is 1. The van der Waals surface area contributed by atoms with Crippen molar-refractivity contribution >= 4 is 12.1 Å². The maximum absolute atomic E-state index is 10.6. The van der Waals surface area contributed by atoms with Crippen LogP contribution in [-0.2, 0) is 4.79 Å². The van der Waals surface area contributed by atoms with E-state index < -0.39 is 0 Å². The van der Waals surface area contributed by atoms with E-state index in [1.807, 2.05) is 0 Å². The summed E-state index contributed by atoms with van der Waals surface area (Å²) in [5.41, 5.74) is 0.498. The molecule has 0 radical (unpaired) electrons. The fourth-order valence-electron chi connectivity index (χ4n) is 1.04. The minimum absolute atomic E-state index is 0.0939. The number of benzene rings is 1. The van der Waals surface area contributed by atoms with Crippen LogP contribution < -0.4 is 4.90 Å². The number of carbonyl (C=O) groups is 1. The molecule has 0 aliphatic rings. The number of anilines is 1. The predicted octanol–water partition coefficient (Wildman–Crippen LogP) is 1.54. The van der Waals surface area contributed by atoms with Gasteiger partial charge in [0.25, 0.3) is 0 Å². The largest absolute Gasteiger partial charge is 0.506 e. The molecule has 0 saturated heterocycles. The summed E-state index contributed by atoms with van der Waals surface area (Å²) in [4.78, 5) is 12.0. The molecule has 68 valence electrons. The molecule has 0 aliphatic carbocycles. The van der Waals surface area contributed by atoms with Gasteiger partial charge in [0.05, 0.1) is 5.69 Å². The second-order valence-corrected chi connectivity index (χ2v) is 2.54. The Hall–Kier alpha value is -1.77. The number of rotatable bonds is 4. The minimum Gasteiger partial charge on any atom is -0.506 e.